The average molecular weight is 417 g/mol. The van der Waals surface area contributed by atoms with Gasteiger partial charge in [-0.15, -0.1) is 0 Å². The second-order valence-electron chi connectivity index (χ2n) is 7.49. The molecule has 2 aromatic rings. The van der Waals surface area contributed by atoms with Crippen LogP contribution in [0.15, 0.2) is 34.2 Å². The van der Waals surface area contributed by atoms with Gasteiger partial charge in [-0.05, 0) is 38.3 Å². The Morgan fingerprint density at radius 2 is 1.97 bits per heavy atom. The normalized spacial score (nSPS) is 15.8. The predicted octanol–water partition coefficient (Wildman–Crippen LogP) is 3.62. The molecule has 0 saturated heterocycles. The number of fused-ring (bicyclic) bond motifs is 1. The summed E-state index contributed by atoms with van der Waals surface area (Å²) >= 11 is 1.18. The molecular formula is C21H28N4O3S. The number of aromatic nitrogens is 2. The van der Waals surface area contributed by atoms with Crippen molar-refractivity contribution >= 4 is 34.6 Å². The SMILES string of the molecule is CC[C@@H](C)n1c(SCC(=O)NC(=O)NC2CCCCC2)nc2ccccc2c1=O. The van der Waals surface area contributed by atoms with Crippen LogP contribution in [0.25, 0.3) is 10.9 Å². The van der Waals surface area contributed by atoms with Crippen LogP contribution in [0.5, 0.6) is 0 Å². The molecule has 1 aromatic carbocycles. The van der Waals surface area contributed by atoms with Crippen LogP contribution in [0.3, 0.4) is 0 Å². The van der Waals surface area contributed by atoms with Crippen molar-refractivity contribution in [2.45, 2.75) is 69.6 Å². The van der Waals surface area contributed by atoms with Gasteiger partial charge in [-0.2, -0.15) is 0 Å². The van der Waals surface area contributed by atoms with E-state index in [0.29, 0.717) is 16.1 Å². The lowest BCUT2D eigenvalue weighted by Gasteiger charge is -2.22. The number of hydrogen-bond acceptors (Lipinski definition) is 5. The van der Waals surface area contributed by atoms with Crippen molar-refractivity contribution in [1.82, 2.24) is 20.2 Å². The molecule has 1 aliphatic rings. The fourth-order valence-corrected chi connectivity index (χ4v) is 4.46. The first-order valence-electron chi connectivity index (χ1n) is 10.2. The van der Waals surface area contributed by atoms with Crippen LogP contribution in [-0.4, -0.2) is 33.3 Å². The number of carbonyl (C=O) groups is 2. The minimum absolute atomic E-state index is 0.0132. The highest BCUT2D eigenvalue weighted by Gasteiger charge is 2.19. The molecule has 1 aromatic heterocycles. The first-order valence-corrected chi connectivity index (χ1v) is 11.2. The smallest absolute Gasteiger partial charge is 0.321 e. The third-order valence-corrected chi connectivity index (χ3v) is 6.29. The molecule has 1 heterocycles. The molecule has 0 radical (unpaired) electrons. The van der Waals surface area contributed by atoms with Crippen LogP contribution in [0.1, 0.15) is 58.4 Å². The van der Waals surface area contributed by atoms with Crippen molar-refractivity contribution in [3.8, 4) is 0 Å². The van der Waals surface area contributed by atoms with Gasteiger partial charge in [0.2, 0.25) is 5.91 Å². The van der Waals surface area contributed by atoms with E-state index in [1.165, 1.54) is 18.2 Å². The fraction of sp³-hybridized carbons (Fsp3) is 0.524. The molecule has 0 unspecified atom stereocenters. The van der Waals surface area contributed by atoms with Crippen molar-refractivity contribution in [1.29, 1.82) is 0 Å². The topological polar surface area (TPSA) is 93.1 Å². The summed E-state index contributed by atoms with van der Waals surface area (Å²) in [6, 6.07) is 6.85. The molecule has 3 amide bonds. The number of nitrogens with one attached hydrogen (secondary N) is 2. The zero-order valence-corrected chi connectivity index (χ0v) is 17.8. The summed E-state index contributed by atoms with van der Waals surface area (Å²) in [6.07, 6.45) is 6.09. The van der Waals surface area contributed by atoms with Crippen molar-refractivity contribution in [3.05, 3.63) is 34.6 Å². The van der Waals surface area contributed by atoms with Crippen molar-refractivity contribution in [2.75, 3.05) is 5.75 Å². The number of nitrogens with zero attached hydrogens (tertiary/aromatic N) is 2. The van der Waals surface area contributed by atoms with E-state index >= 15 is 0 Å². The summed E-state index contributed by atoms with van der Waals surface area (Å²) in [7, 11) is 0. The van der Waals surface area contributed by atoms with Gasteiger partial charge in [0.1, 0.15) is 0 Å². The molecule has 1 aliphatic carbocycles. The summed E-state index contributed by atoms with van der Waals surface area (Å²) in [4.78, 5) is 41.9. The fourth-order valence-electron chi connectivity index (χ4n) is 3.56. The molecule has 1 fully saturated rings. The third-order valence-electron chi connectivity index (χ3n) is 5.33. The summed E-state index contributed by atoms with van der Waals surface area (Å²) in [5, 5.41) is 6.31. The predicted molar refractivity (Wildman–Crippen MR) is 115 cm³/mol. The number of rotatable bonds is 6. The van der Waals surface area contributed by atoms with Gasteiger partial charge in [-0.3, -0.25) is 19.5 Å². The average Bonchev–Trinajstić information content (AvgIpc) is 2.72. The van der Waals surface area contributed by atoms with E-state index < -0.39 is 11.9 Å². The lowest BCUT2D eigenvalue weighted by atomic mass is 9.96. The standard InChI is InChI=1S/C21H28N4O3S/c1-3-14(2)25-19(27)16-11-7-8-12-17(16)23-21(25)29-13-18(26)24-20(28)22-15-9-5-4-6-10-15/h7-8,11-12,14-15H,3-6,9-10,13H2,1-2H3,(H2,22,24,26,28)/t14-/m1/s1. The zero-order chi connectivity index (χ0) is 20.8. The minimum atomic E-state index is -0.451. The number of amides is 3. The van der Waals surface area contributed by atoms with E-state index in [9.17, 15) is 14.4 Å². The van der Waals surface area contributed by atoms with Crippen molar-refractivity contribution in [2.24, 2.45) is 0 Å². The summed E-state index contributed by atoms with van der Waals surface area (Å²) in [5.41, 5.74) is 0.498. The van der Waals surface area contributed by atoms with Gasteiger partial charge < -0.3 is 5.32 Å². The Morgan fingerprint density at radius 3 is 2.69 bits per heavy atom. The largest absolute Gasteiger partial charge is 0.335 e. The number of para-hydroxylation sites is 1. The van der Waals surface area contributed by atoms with Gasteiger partial charge in [0.25, 0.3) is 5.56 Å². The van der Waals surface area contributed by atoms with E-state index in [1.54, 1.807) is 16.7 Å². The Morgan fingerprint density at radius 1 is 1.24 bits per heavy atom. The van der Waals surface area contributed by atoms with Gasteiger partial charge >= 0.3 is 6.03 Å². The number of carbonyl (C=O) groups excluding carboxylic acids is 2. The molecule has 0 aliphatic heterocycles. The number of imide groups is 1. The van der Waals surface area contributed by atoms with E-state index in [-0.39, 0.29) is 23.4 Å². The monoisotopic (exact) mass is 416 g/mol. The lowest BCUT2D eigenvalue weighted by Crippen LogP contribution is -2.45. The molecule has 0 bridgehead atoms. The summed E-state index contributed by atoms with van der Waals surface area (Å²) < 4.78 is 1.64. The van der Waals surface area contributed by atoms with Gasteiger partial charge in [-0.1, -0.05) is 50.1 Å². The third kappa shape index (κ3) is 5.38. The number of hydrogen-bond donors (Lipinski definition) is 2. The molecular weight excluding hydrogens is 388 g/mol. The highest BCUT2D eigenvalue weighted by Crippen LogP contribution is 2.22. The first-order chi connectivity index (χ1) is 14.0. The van der Waals surface area contributed by atoms with E-state index in [4.69, 9.17) is 0 Å². The Kier molecular flexibility index (Phi) is 7.30. The maximum absolute atomic E-state index is 12.9. The van der Waals surface area contributed by atoms with Crippen LogP contribution in [0, 0.1) is 0 Å². The highest BCUT2D eigenvalue weighted by atomic mass is 32.2. The molecule has 8 heteroatoms. The van der Waals surface area contributed by atoms with Crippen LogP contribution < -0.4 is 16.2 Å². The molecule has 3 rings (SSSR count). The minimum Gasteiger partial charge on any atom is -0.335 e. The highest BCUT2D eigenvalue weighted by molar-refractivity contribution is 7.99. The van der Waals surface area contributed by atoms with E-state index in [1.807, 2.05) is 26.0 Å². The van der Waals surface area contributed by atoms with Gasteiger partial charge in [0, 0.05) is 12.1 Å². The quantitative estimate of drug-likeness (QED) is 0.554. The van der Waals surface area contributed by atoms with Crippen LogP contribution in [-0.2, 0) is 4.79 Å². The molecule has 156 valence electrons. The molecule has 0 spiro atoms. The van der Waals surface area contributed by atoms with Gasteiger partial charge in [-0.25, -0.2) is 9.78 Å². The van der Waals surface area contributed by atoms with Crippen LogP contribution >= 0.6 is 11.8 Å². The molecule has 1 saturated carbocycles. The van der Waals surface area contributed by atoms with Crippen LogP contribution in [0.4, 0.5) is 4.79 Å². The van der Waals surface area contributed by atoms with Gasteiger partial charge in [0.15, 0.2) is 5.16 Å². The second kappa shape index (κ2) is 9.91. The van der Waals surface area contributed by atoms with E-state index in [0.717, 1.165) is 32.1 Å². The van der Waals surface area contributed by atoms with Crippen molar-refractivity contribution in [3.63, 3.8) is 0 Å². The number of urea groups is 1. The molecule has 7 nitrogen and oxygen atoms in total. The Bertz CT molecular complexity index is 937. The zero-order valence-electron chi connectivity index (χ0n) is 16.9. The second-order valence-corrected chi connectivity index (χ2v) is 8.43. The Balaban J connectivity index is 1.68. The molecule has 2 N–H and O–H groups in total. The maximum atomic E-state index is 12.9. The van der Waals surface area contributed by atoms with E-state index in [2.05, 4.69) is 15.6 Å². The van der Waals surface area contributed by atoms with Gasteiger partial charge in [0.05, 0.1) is 16.7 Å². The molecule has 1 atom stereocenters. The number of thioether (sulfide) groups is 1. The number of benzene rings is 1. The summed E-state index contributed by atoms with van der Waals surface area (Å²) in [5.74, 6) is -0.388. The molecule has 29 heavy (non-hydrogen) atoms. The first kappa shape index (κ1) is 21.4. The summed E-state index contributed by atoms with van der Waals surface area (Å²) in [6.45, 7) is 3.96. The maximum Gasteiger partial charge on any atom is 0.321 e. The van der Waals surface area contributed by atoms with Crippen molar-refractivity contribution < 1.29 is 9.59 Å². The Hall–Kier alpha value is -2.35. The lowest BCUT2D eigenvalue weighted by molar-refractivity contribution is -0.117. The Labute approximate surface area is 174 Å². The van der Waals surface area contributed by atoms with Crippen LogP contribution in [0.2, 0.25) is 0 Å².